The molecule has 5 nitrogen and oxygen atoms in total. The molecule has 0 saturated carbocycles. The Bertz CT molecular complexity index is 517. The summed E-state index contributed by atoms with van der Waals surface area (Å²) in [5.74, 6) is 0.993. The summed E-state index contributed by atoms with van der Waals surface area (Å²) in [7, 11) is 8.28. The van der Waals surface area contributed by atoms with Crippen molar-refractivity contribution in [3.8, 4) is 0 Å². The number of aromatic nitrogens is 3. The van der Waals surface area contributed by atoms with Crippen LogP contribution in [0.5, 0.6) is 0 Å². The molecular formula is C13H21N5S. The average molecular weight is 279 g/mol. The SMILES string of the molecule is CN(C)Cc1csc(CN(C)Cc2nncn2C)c1. The fraction of sp³-hybridized carbons (Fsp3) is 0.538. The number of aryl methyl sites for hydroxylation is 1. The zero-order chi connectivity index (χ0) is 13.8. The van der Waals surface area contributed by atoms with Gasteiger partial charge in [-0.2, -0.15) is 0 Å². The van der Waals surface area contributed by atoms with Crippen molar-refractivity contribution in [3.05, 3.63) is 34.0 Å². The number of thiophene rings is 1. The molecule has 0 bridgehead atoms. The molecule has 0 unspecified atom stereocenters. The van der Waals surface area contributed by atoms with Gasteiger partial charge in [0.2, 0.25) is 0 Å². The fourth-order valence-electron chi connectivity index (χ4n) is 1.97. The molecule has 2 heterocycles. The summed E-state index contributed by atoms with van der Waals surface area (Å²) in [6.07, 6.45) is 1.74. The molecule has 0 amide bonds. The summed E-state index contributed by atoms with van der Waals surface area (Å²) in [6, 6.07) is 2.29. The summed E-state index contributed by atoms with van der Waals surface area (Å²) in [6.45, 7) is 2.77. The zero-order valence-electron chi connectivity index (χ0n) is 12.0. The van der Waals surface area contributed by atoms with E-state index in [1.807, 2.05) is 23.0 Å². The van der Waals surface area contributed by atoms with Crippen molar-refractivity contribution < 1.29 is 0 Å². The van der Waals surface area contributed by atoms with E-state index in [0.717, 1.165) is 25.5 Å². The monoisotopic (exact) mass is 279 g/mol. The second-order valence-corrected chi connectivity index (χ2v) is 6.19. The van der Waals surface area contributed by atoms with E-state index < -0.39 is 0 Å². The van der Waals surface area contributed by atoms with Crippen LogP contribution < -0.4 is 0 Å². The van der Waals surface area contributed by atoms with Crippen LogP contribution in [0.3, 0.4) is 0 Å². The molecule has 0 atom stereocenters. The minimum Gasteiger partial charge on any atom is -0.320 e. The standard InChI is InChI=1S/C13H21N5S/c1-16(2)6-11-5-12(19-9-11)7-17(3)8-13-15-14-10-18(13)4/h5,9-10H,6-8H2,1-4H3. The molecule has 0 radical (unpaired) electrons. The van der Waals surface area contributed by atoms with E-state index >= 15 is 0 Å². The molecule has 0 aliphatic carbocycles. The molecule has 0 aromatic carbocycles. The minimum absolute atomic E-state index is 0.817. The van der Waals surface area contributed by atoms with Crippen molar-refractivity contribution >= 4 is 11.3 Å². The molecule has 0 fully saturated rings. The highest BCUT2D eigenvalue weighted by Gasteiger charge is 2.08. The summed E-state index contributed by atoms with van der Waals surface area (Å²) in [4.78, 5) is 5.84. The van der Waals surface area contributed by atoms with Crippen LogP contribution in [0.1, 0.15) is 16.3 Å². The fourth-order valence-corrected chi connectivity index (χ4v) is 2.93. The Hall–Kier alpha value is -1.24. The lowest BCUT2D eigenvalue weighted by Crippen LogP contribution is -2.19. The number of rotatable bonds is 6. The molecule has 2 rings (SSSR count). The smallest absolute Gasteiger partial charge is 0.146 e. The van der Waals surface area contributed by atoms with Gasteiger partial charge in [0.05, 0.1) is 6.54 Å². The lowest BCUT2D eigenvalue weighted by Gasteiger charge is -2.14. The predicted octanol–water partition coefficient (Wildman–Crippen LogP) is 1.57. The molecule has 0 N–H and O–H groups in total. The van der Waals surface area contributed by atoms with Gasteiger partial charge in [-0.15, -0.1) is 21.5 Å². The first kappa shape index (κ1) is 14.2. The van der Waals surface area contributed by atoms with Crippen molar-refractivity contribution in [2.75, 3.05) is 21.1 Å². The van der Waals surface area contributed by atoms with Crippen molar-refractivity contribution in [2.45, 2.75) is 19.6 Å². The predicted molar refractivity (Wildman–Crippen MR) is 77.9 cm³/mol. The minimum atomic E-state index is 0.817. The quantitative estimate of drug-likeness (QED) is 0.804. The molecule has 0 spiro atoms. The zero-order valence-corrected chi connectivity index (χ0v) is 12.8. The van der Waals surface area contributed by atoms with E-state index in [0.29, 0.717) is 0 Å². The van der Waals surface area contributed by atoms with Crippen molar-refractivity contribution in [1.82, 2.24) is 24.6 Å². The number of hydrogen-bond donors (Lipinski definition) is 0. The summed E-state index contributed by atoms with van der Waals surface area (Å²) >= 11 is 1.83. The van der Waals surface area contributed by atoms with Gasteiger partial charge in [-0.3, -0.25) is 4.90 Å². The molecule has 0 aliphatic heterocycles. The van der Waals surface area contributed by atoms with E-state index in [4.69, 9.17) is 0 Å². The largest absolute Gasteiger partial charge is 0.320 e. The highest BCUT2D eigenvalue weighted by Crippen LogP contribution is 2.17. The van der Waals surface area contributed by atoms with Gasteiger partial charge in [-0.25, -0.2) is 0 Å². The van der Waals surface area contributed by atoms with E-state index in [1.54, 1.807) is 6.33 Å². The lowest BCUT2D eigenvalue weighted by atomic mass is 10.3. The molecule has 2 aromatic heterocycles. The maximum atomic E-state index is 4.11. The first-order valence-corrected chi connectivity index (χ1v) is 7.15. The highest BCUT2D eigenvalue weighted by atomic mass is 32.1. The maximum absolute atomic E-state index is 4.11. The van der Waals surface area contributed by atoms with Gasteiger partial charge in [-0.05, 0) is 38.2 Å². The number of nitrogens with zero attached hydrogens (tertiary/aromatic N) is 5. The topological polar surface area (TPSA) is 37.2 Å². The molecule has 0 saturated heterocycles. The second kappa shape index (κ2) is 6.27. The molecule has 104 valence electrons. The third-order valence-electron chi connectivity index (χ3n) is 2.85. The Balaban J connectivity index is 1.90. The van der Waals surface area contributed by atoms with Crippen molar-refractivity contribution in [3.63, 3.8) is 0 Å². The van der Waals surface area contributed by atoms with E-state index in [2.05, 4.69) is 52.6 Å². The first-order chi connectivity index (χ1) is 9.04. The Morgan fingerprint density at radius 1 is 1.21 bits per heavy atom. The highest BCUT2D eigenvalue weighted by molar-refractivity contribution is 7.10. The van der Waals surface area contributed by atoms with Crippen LogP contribution >= 0.6 is 11.3 Å². The van der Waals surface area contributed by atoms with Crippen molar-refractivity contribution in [1.29, 1.82) is 0 Å². The van der Waals surface area contributed by atoms with E-state index in [-0.39, 0.29) is 0 Å². The second-order valence-electron chi connectivity index (χ2n) is 5.19. The van der Waals surface area contributed by atoms with Gasteiger partial charge < -0.3 is 9.47 Å². The van der Waals surface area contributed by atoms with Crippen LogP contribution in [0.2, 0.25) is 0 Å². The van der Waals surface area contributed by atoms with Gasteiger partial charge >= 0.3 is 0 Å². The van der Waals surface area contributed by atoms with Crippen LogP contribution in [-0.4, -0.2) is 45.7 Å². The normalized spacial score (nSPS) is 11.7. The molecular weight excluding hydrogens is 258 g/mol. The van der Waals surface area contributed by atoms with Crippen LogP contribution in [0, 0.1) is 0 Å². The summed E-state index contributed by atoms with van der Waals surface area (Å²) in [5.41, 5.74) is 1.39. The lowest BCUT2D eigenvalue weighted by molar-refractivity contribution is 0.309. The van der Waals surface area contributed by atoms with Gasteiger partial charge in [0.25, 0.3) is 0 Å². The first-order valence-electron chi connectivity index (χ1n) is 6.27. The Kier molecular flexibility index (Phi) is 4.68. The summed E-state index contributed by atoms with van der Waals surface area (Å²) in [5, 5.41) is 10.3. The Labute approximate surface area is 118 Å². The van der Waals surface area contributed by atoms with Gasteiger partial charge in [0.15, 0.2) is 0 Å². The van der Waals surface area contributed by atoms with Crippen LogP contribution in [-0.2, 0) is 26.7 Å². The summed E-state index contributed by atoms with van der Waals surface area (Å²) < 4.78 is 1.96. The van der Waals surface area contributed by atoms with Crippen molar-refractivity contribution in [2.24, 2.45) is 7.05 Å². The van der Waals surface area contributed by atoms with E-state index in [9.17, 15) is 0 Å². The van der Waals surface area contributed by atoms with Crippen LogP contribution in [0.25, 0.3) is 0 Å². The average Bonchev–Trinajstić information content (AvgIpc) is 2.89. The molecule has 2 aromatic rings. The molecule has 19 heavy (non-hydrogen) atoms. The molecule has 0 aliphatic rings. The van der Waals surface area contributed by atoms with Gasteiger partial charge in [0.1, 0.15) is 12.2 Å². The van der Waals surface area contributed by atoms with Gasteiger partial charge in [0, 0.05) is 25.0 Å². The van der Waals surface area contributed by atoms with Gasteiger partial charge in [-0.1, -0.05) is 0 Å². The third kappa shape index (κ3) is 4.12. The Morgan fingerprint density at radius 3 is 2.63 bits per heavy atom. The number of hydrogen-bond acceptors (Lipinski definition) is 5. The molecule has 6 heteroatoms. The Morgan fingerprint density at radius 2 is 2.00 bits per heavy atom. The van der Waals surface area contributed by atoms with E-state index in [1.165, 1.54) is 10.4 Å². The third-order valence-corrected chi connectivity index (χ3v) is 3.82. The van der Waals surface area contributed by atoms with Crippen LogP contribution in [0.4, 0.5) is 0 Å². The van der Waals surface area contributed by atoms with Crippen LogP contribution in [0.15, 0.2) is 17.8 Å². The maximum Gasteiger partial charge on any atom is 0.146 e.